The fraction of sp³-hybridized carbons (Fsp3) is 0.353. The van der Waals surface area contributed by atoms with E-state index >= 15 is 0 Å². The van der Waals surface area contributed by atoms with Gasteiger partial charge in [-0.05, 0) is 24.6 Å². The smallest absolute Gasteiger partial charge is 0.123 e. The first-order chi connectivity index (χ1) is 10.2. The highest BCUT2D eigenvalue weighted by atomic mass is 16.5. The summed E-state index contributed by atoms with van der Waals surface area (Å²) in [6.45, 7) is 2.68. The average Bonchev–Trinajstić information content (AvgIpc) is 2.54. The lowest BCUT2D eigenvalue weighted by Crippen LogP contribution is -2.17. The number of aliphatic hydroxyl groups is 1. The van der Waals surface area contributed by atoms with Crippen molar-refractivity contribution in [2.45, 2.75) is 26.0 Å². The van der Waals surface area contributed by atoms with E-state index in [1.807, 2.05) is 44.3 Å². The van der Waals surface area contributed by atoms with Crippen molar-refractivity contribution >= 4 is 5.69 Å². The number of benzene rings is 1. The lowest BCUT2D eigenvalue weighted by Gasteiger charge is -2.21. The maximum Gasteiger partial charge on any atom is 0.123 e. The first-order valence-corrected chi connectivity index (χ1v) is 7.12. The molecule has 21 heavy (non-hydrogen) atoms. The molecular weight excluding hydrogens is 264 g/mol. The highest BCUT2D eigenvalue weighted by molar-refractivity contribution is 5.46. The molecule has 4 nitrogen and oxygen atoms in total. The predicted molar refractivity (Wildman–Crippen MR) is 84.6 cm³/mol. The summed E-state index contributed by atoms with van der Waals surface area (Å²) in [6.07, 6.45) is 1.98. The average molecular weight is 286 g/mol. The van der Waals surface area contributed by atoms with E-state index in [0.717, 1.165) is 23.5 Å². The highest BCUT2D eigenvalue weighted by Crippen LogP contribution is 2.23. The Morgan fingerprint density at radius 1 is 1.24 bits per heavy atom. The third-order valence-corrected chi connectivity index (χ3v) is 3.54. The predicted octanol–water partition coefficient (Wildman–Crippen LogP) is 3.17. The summed E-state index contributed by atoms with van der Waals surface area (Å²) < 4.78 is 5.37. The van der Waals surface area contributed by atoms with E-state index in [9.17, 15) is 5.11 Å². The zero-order valence-electron chi connectivity index (χ0n) is 12.8. The van der Waals surface area contributed by atoms with Gasteiger partial charge >= 0.3 is 0 Å². The number of methoxy groups -OCH3 is 1. The summed E-state index contributed by atoms with van der Waals surface area (Å²) >= 11 is 0. The first-order valence-electron chi connectivity index (χ1n) is 7.12. The lowest BCUT2D eigenvalue weighted by molar-refractivity contribution is 0.169. The summed E-state index contributed by atoms with van der Waals surface area (Å²) in [5.74, 6) is 0.885. The number of pyridine rings is 1. The number of aromatic nitrogens is 1. The van der Waals surface area contributed by atoms with Crippen molar-refractivity contribution < 1.29 is 9.84 Å². The Labute approximate surface area is 126 Å². The highest BCUT2D eigenvalue weighted by Gasteiger charge is 2.09. The van der Waals surface area contributed by atoms with Crippen LogP contribution in [0.25, 0.3) is 0 Å². The molecule has 1 N–H and O–H groups in total. The Kier molecular flexibility index (Phi) is 5.17. The molecule has 1 unspecified atom stereocenters. The van der Waals surface area contributed by atoms with Gasteiger partial charge in [-0.1, -0.05) is 25.1 Å². The minimum Gasteiger partial charge on any atom is -0.496 e. The van der Waals surface area contributed by atoms with Gasteiger partial charge in [0.15, 0.2) is 0 Å². The summed E-state index contributed by atoms with van der Waals surface area (Å²) in [6, 6.07) is 11.8. The molecule has 1 aromatic heterocycles. The number of anilines is 1. The molecule has 0 saturated carbocycles. The van der Waals surface area contributed by atoms with Gasteiger partial charge in [0.2, 0.25) is 0 Å². The van der Waals surface area contributed by atoms with Gasteiger partial charge in [-0.25, -0.2) is 0 Å². The van der Waals surface area contributed by atoms with Crippen molar-refractivity contribution in [2.24, 2.45) is 0 Å². The Morgan fingerprint density at radius 2 is 2.00 bits per heavy atom. The summed E-state index contributed by atoms with van der Waals surface area (Å²) in [7, 11) is 3.70. The molecule has 1 atom stereocenters. The minimum absolute atomic E-state index is 0.487. The quantitative estimate of drug-likeness (QED) is 0.886. The molecule has 0 fully saturated rings. The third kappa shape index (κ3) is 3.73. The maximum atomic E-state index is 9.77. The van der Waals surface area contributed by atoms with Gasteiger partial charge in [-0.2, -0.15) is 0 Å². The van der Waals surface area contributed by atoms with E-state index in [4.69, 9.17) is 4.74 Å². The van der Waals surface area contributed by atoms with Crippen molar-refractivity contribution in [2.75, 3.05) is 19.1 Å². The summed E-state index contributed by atoms with van der Waals surface area (Å²) in [5.41, 5.74) is 2.85. The van der Waals surface area contributed by atoms with Crippen molar-refractivity contribution in [1.82, 2.24) is 4.98 Å². The Morgan fingerprint density at radius 3 is 2.62 bits per heavy atom. The van der Waals surface area contributed by atoms with Crippen LogP contribution in [0.15, 0.2) is 42.6 Å². The molecule has 0 aliphatic heterocycles. The van der Waals surface area contributed by atoms with Crippen LogP contribution in [0.2, 0.25) is 0 Å². The molecule has 0 aliphatic rings. The fourth-order valence-electron chi connectivity index (χ4n) is 2.21. The number of aliphatic hydroxyl groups excluding tert-OH is 1. The Bertz CT molecular complexity index is 569. The van der Waals surface area contributed by atoms with E-state index in [1.165, 1.54) is 0 Å². The monoisotopic (exact) mass is 286 g/mol. The topological polar surface area (TPSA) is 45.6 Å². The number of ether oxygens (including phenoxy) is 1. The van der Waals surface area contributed by atoms with Crippen LogP contribution in [0.3, 0.4) is 0 Å². The van der Waals surface area contributed by atoms with Gasteiger partial charge in [0.1, 0.15) is 5.75 Å². The molecule has 4 heteroatoms. The number of rotatable bonds is 6. The first kappa shape index (κ1) is 15.3. The fourth-order valence-corrected chi connectivity index (χ4v) is 2.21. The van der Waals surface area contributed by atoms with Gasteiger partial charge < -0.3 is 14.7 Å². The van der Waals surface area contributed by atoms with Crippen molar-refractivity contribution in [3.8, 4) is 5.75 Å². The number of para-hydroxylation sites is 1. The molecule has 0 bridgehead atoms. The van der Waals surface area contributed by atoms with Gasteiger partial charge in [0.25, 0.3) is 0 Å². The maximum absolute atomic E-state index is 9.77. The van der Waals surface area contributed by atoms with Crippen molar-refractivity contribution in [3.05, 3.63) is 53.9 Å². The molecule has 0 radical (unpaired) electrons. The SMILES string of the molecule is CCC(O)c1ccc(N(C)Cc2ccccc2OC)cn1. The van der Waals surface area contributed by atoms with Gasteiger partial charge in [0, 0.05) is 19.2 Å². The van der Waals surface area contributed by atoms with E-state index in [1.54, 1.807) is 13.3 Å². The standard InChI is InChI=1S/C17H22N2O2/c1-4-16(20)15-10-9-14(11-18-15)19(2)12-13-7-5-6-8-17(13)21-3/h5-11,16,20H,4,12H2,1-3H3. The Hall–Kier alpha value is -2.07. The van der Waals surface area contributed by atoms with Crippen LogP contribution >= 0.6 is 0 Å². The van der Waals surface area contributed by atoms with Gasteiger partial charge in [-0.3, -0.25) is 4.98 Å². The lowest BCUT2D eigenvalue weighted by atomic mass is 10.1. The summed E-state index contributed by atoms with van der Waals surface area (Å²) in [4.78, 5) is 6.44. The zero-order valence-corrected chi connectivity index (χ0v) is 12.8. The molecule has 1 heterocycles. The van der Waals surface area contributed by atoms with Crippen LogP contribution in [-0.4, -0.2) is 24.2 Å². The minimum atomic E-state index is -0.487. The van der Waals surface area contributed by atoms with Crippen molar-refractivity contribution in [1.29, 1.82) is 0 Å². The van der Waals surface area contributed by atoms with E-state index < -0.39 is 6.10 Å². The molecule has 0 aliphatic carbocycles. The van der Waals surface area contributed by atoms with Crippen LogP contribution in [0, 0.1) is 0 Å². The zero-order chi connectivity index (χ0) is 15.2. The number of hydrogen-bond donors (Lipinski definition) is 1. The molecule has 1 aromatic carbocycles. The second-order valence-corrected chi connectivity index (χ2v) is 5.03. The van der Waals surface area contributed by atoms with E-state index in [2.05, 4.69) is 16.0 Å². The Balaban J connectivity index is 2.11. The van der Waals surface area contributed by atoms with Crippen LogP contribution in [-0.2, 0) is 6.54 Å². The van der Waals surface area contributed by atoms with E-state index in [-0.39, 0.29) is 0 Å². The van der Waals surface area contributed by atoms with Crippen LogP contribution in [0.1, 0.15) is 30.7 Å². The third-order valence-electron chi connectivity index (χ3n) is 3.54. The molecular formula is C17H22N2O2. The second-order valence-electron chi connectivity index (χ2n) is 5.03. The normalized spacial score (nSPS) is 12.0. The largest absolute Gasteiger partial charge is 0.496 e. The van der Waals surface area contributed by atoms with Crippen LogP contribution in [0.4, 0.5) is 5.69 Å². The van der Waals surface area contributed by atoms with Crippen LogP contribution < -0.4 is 9.64 Å². The van der Waals surface area contributed by atoms with Gasteiger partial charge in [0.05, 0.1) is 30.8 Å². The molecule has 112 valence electrons. The second kappa shape index (κ2) is 7.09. The summed E-state index contributed by atoms with van der Waals surface area (Å²) in [5, 5.41) is 9.77. The number of nitrogens with zero attached hydrogens (tertiary/aromatic N) is 2. The number of hydrogen-bond acceptors (Lipinski definition) is 4. The van der Waals surface area contributed by atoms with Gasteiger partial charge in [-0.15, -0.1) is 0 Å². The molecule has 2 aromatic rings. The molecule has 0 saturated heterocycles. The molecule has 0 amide bonds. The van der Waals surface area contributed by atoms with Crippen LogP contribution in [0.5, 0.6) is 5.75 Å². The van der Waals surface area contributed by atoms with Crippen molar-refractivity contribution in [3.63, 3.8) is 0 Å². The van der Waals surface area contributed by atoms with E-state index in [0.29, 0.717) is 12.1 Å². The molecule has 0 spiro atoms. The molecule has 2 rings (SSSR count).